The third-order valence-corrected chi connectivity index (χ3v) is 5.29. The topological polar surface area (TPSA) is 104 Å². The van der Waals surface area contributed by atoms with Gasteiger partial charge in [0.05, 0.1) is 37.5 Å². The van der Waals surface area contributed by atoms with Crippen LogP contribution in [0.25, 0.3) is 6.08 Å². The van der Waals surface area contributed by atoms with Gasteiger partial charge in [-0.25, -0.2) is 0 Å². The molecule has 1 aliphatic rings. The molecule has 0 saturated carbocycles. The van der Waals surface area contributed by atoms with Gasteiger partial charge in [0.25, 0.3) is 11.6 Å². The number of nitro groups is 1. The number of nitro benzene ring substituents is 1. The fraction of sp³-hybridized carbons (Fsp3) is 0.120. The highest BCUT2D eigenvalue weighted by atomic mass is 16.6. The average Bonchev–Trinajstić information content (AvgIpc) is 3.20. The van der Waals surface area contributed by atoms with E-state index in [1.54, 1.807) is 50.6 Å². The lowest BCUT2D eigenvalue weighted by molar-refractivity contribution is -0.384. The summed E-state index contributed by atoms with van der Waals surface area (Å²) < 4.78 is 16.0. The van der Waals surface area contributed by atoms with Crippen molar-refractivity contribution in [2.75, 3.05) is 26.3 Å². The monoisotopic (exact) mass is 459 g/mol. The molecule has 1 heterocycles. The molecule has 4 rings (SSSR count). The summed E-state index contributed by atoms with van der Waals surface area (Å²) in [5.74, 6) is 1.44. The maximum absolute atomic E-state index is 13.5. The van der Waals surface area contributed by atoms with Gasteiger partial charge >= 0.3 is 0 Å². The van der Waals surface area contributed by atoms with Crippen molar-refractivity contribution in [2.24, 2.45) is 5.10 Å². The van der Waals surface area contributed by atoms with Gasteiger partial charge in [0, 0.05) is 29.3 Å². The molecular weight excluding hydrogens is 438 g/mol. The highest BCUT2D eigenvalue weighted by Gasteiger charge is 2.32. The number of hydrazone groups is 1. The van der Waals surface area contributed by atoms with E-state index in [0.29, 0.717) is 45.3 Å². The normalized spacial score (nSPS) is 14.2. The maximum atomic E-state index is 13.5. The molecule has 1 aliphatic heterocycles. The van der Waals surface area contributed by atoms with Crippen molar-refractivity contribution in [3.05, 3.63) is 93.5 Å². The van der Waals surface area contributed by atoms with Crippen molar-refractivity contribution in [1.82, 2.24) is 0 Å². The molecular formula is C25H21N3O6. The highest BCUT2D eigenvalue weighted by molar-refractivity contribution is 6.37. The predicted molar refractivity (Wildman–Crippen MR) is 128 cm³/mol. The molecule has 0 fully saturated rings. The van der Waals surface area contributed by atoms with E-state index in [4.69, 9.17) is 14.2 Å². The Morgan fingerprint density at radius 1 is 0.882 bits per heavy atom. The van der Waals surface area contributed by atoms with Crippen LogP contribution in [-0.2, 0) is 4.79 Å². The number of rotatable bonds is 7. The minimum absolute atomic E-state index is 0.0755. The standard InChI is InChI=1S/C25H21N3O6/c1-32-20-11-4-16(5-12-20)24-22(14-17-6-13-21(33-2)15-23(17)34-3)25(29)27(26-24)18-7-9-19(10-8-18)28(30)31/h4-15H,1-3H3/b22-14-. The van der Waals surface area contributed by atoms with Gasteiger partial charge in [-0.15, -0.1) is 0 Å². The fourth-order valence-electron chi connectivity index (χ4n) is 3.49. The summed E-state index contributed by atoms with van der Waals surface area (Å²) in [6, 6.07) is 18.1. The number of anilines is 1. The van der Waals surface area contributed by atoms with Gasteiger partial charge < -0.3 is 14.2 Å². The second kappa shape index (κ2) is 9.45. The first kappa shape index (κ1) is 22.5. The molecule has 3 aromatic carbocycles. The Bertz CT molecular complexity index is 1300. The first-order valence-electron chi connectivity index (χ1n) is 10.2. The summed E-state index contributed by atoms with van der Waals surface area (Å²) in [4.78, 5) is 24.0. The smallest absolute Gasteiger partial charge is 0.281 e. The molecule has 0 unspecified atom stereocenters. The predicted octanol–water partition coefficient (Wildman–Crippen LogP) is 4.46. The minimum Gasteiger partial charge on any atom is -0.497 e. The number of ether oxygens (including phenoxy) is 3. The van der Waals surface area contributed by atoms with Gasteiger partial charge in [-0.3, -0.25) is 14.9 Å². The van der Waals surface area contributed by atoms with E-state index in [1.807, 2.05) is 12.1 Å². The molecule has 0 spiro atoms. The van der Waals surface area contributed by atoms with E-state index in [2.05, 4.69) is 5.10 Å². The van der Waals surface area contributed by atoms with Crippen molar-refractivity contribution in [3.8, 4) is 17.2 Å². The number of methoxy groups -OCH3 is 3. The van der Waals surface area contributed by atoms with Gasteiger partial charge in [-0.1, -0.05) is 0 Å². The maximum Gasteiger partial charge on any atom is 0.281 e. The van der Waals surface area contributed by atoms with Gasteiger partial charge in [-0.05, 0) is 54.6 Å². The van der Waals surface area contributed by atoms with Crippen LogP contribution in [0.4, 0.5) is 11.4 Å². The van der Waals surface area contributed by atoms with Crippen LogP contribution in [0.2, 0.25) is 0 Å². The van der Waals surface area contributed by atoms with Crippen LogP contribution >= 0.6 is 0 Å². The Morgan fingerprint density at radius 2 is 1.53 bits per heavy atom. The van der Waals surface area contributed by atoms with E-state index < -0.39 is 4.92 Å². The molecule has 172 valence electrons. The number of carbonyl (C=O) groups excluding carboxylic acids is 1. The van der Waals surface area contributed by atoms with Crippen LogP contribution in [0.5, 0.6) is 17.2 Å². The van der Waals surface area contributed by atoms with Crippen molar-refractivity contribution < 1.29 is 23.9 Å². The van der Waals surface area contributed by atoms with Crippen molar-refractivity contribution in [2.45, 2.75) is 0 Å². The summed E-state index contributed by atoms with van der Waals surface area (Å²) in [6.07, 6.45) is 1.70. The van der Waals surface area contributed by atoms with Crippen LogP contribution in [0.1, 0.15) is 11.1 Å². The molecule has 0 aliphatic carbocycles. The fourth-order valence-corrected chi connectivity index (χ4v) is 3.49. The molecule has 0 radical (unpaired) electrons. The van der Waals surface area contributed by atoms with Crippen molar-refractivity contribution in [3.63, 3.8) is 0 Å². The minimum atomic E-state index is -0.497. The summed E-state index contributed by atoms with van der Waals surface area (Å²) in [7, 11) is 4.67. The zero-order valence-electron chi connectivity index (χ0n) is 18.7. The lowest BCUT2D eigenvalue weighted by atomic mass is 9.99. The lowest BCUT2D eigenvalue weighted by Crippen LogP contribution is -2.21. The molecule has 34 heavy (non-hydrogen) atoms. The van der Waals surface area contributed by atoms with Gasteiger partial charge in [-0.2, -0.15) is 10.1 Å². The molecule has 9 nitrogen and oxygen atoms in total. The zero-order valence-corrected chi connectivity index (χ0v) is 18.7. The summed E-state index contributed by atoms with van der Waals surface area (Å²) in [6.45, 7) is 0. The van der Waals surface area contributed by atoms with Crippen molar-refractivity contribution in [1.29, 1.82) is 0 Å². The van der Waals surface area contributed by atoms with Crippen LogP contribution < -0.4 is 19.2 Å². The number of benzene rings is 3. The van der Waals surface area contributed by atoms with E-state index in [0.717, 1.165) is 0 Å². The Labute approximate surface area is 195 Å². The first-order chi connectivity index (χ1) is 16.4. The summed E-state index contributed by atoms with van der Waals surface area (Å²) in [5, 5.41) is 16.8. The van der Waals surface area contributed by atoms with E-state index in [9.17, 15) is 14.9 Å². The Hall–Kier alpha value is -4.66. The third-order valence-electron chi connectivity index (χ3n) is 5.29. The number of non-ortho nitro benzene ring substituents is 1. The molecule has 0 atom stereocenters. The van der Waals surface area contributed by atoms with E-state index in [-0.39, 0.29) is 11.6 Å². The van der Waals surface area contributed by atoms with Crippen molar-refractivity contribution >= 4 is 29.1 Å². The number of hydrogen-bond donors (Lipinski definition) is 0. The highest BCUT2D eigenvalue weighted by Crippen LogP contribution is 2.32. The molecule has 0 bridgehead atoms. The van der Waals surface area contributed by atoms with Gasteiger partial charge in [0.15, 0.2) is 0 Å². The zero-order chi connectivity index (χ0) is 24.2. The Balaban J connectivity index is 1.82. The third kappa shape index (κ3) is 4.31. The van der Waals surface area contributed by atoms with Crippen LogP contribution in [0, 0.1) is 10.1 Å². The SMILES string of the molecule is COc1ccc(C2=NN(c3ccc([N+](=O)[O-])cc3)C(=O)/C2=C\c2ccc(OC)cc2OC)cc1. The average molecular weight is 459 g/mol. The quantitative estimate of drug-likeness (QED) is 0.294. The Morgan fingerprint density at radius 3 is 2.12 bits per heavy atom. The number of carbonyl (C=O) groups is 1. The van der Waals surface area contributed by atoms with E-state index >= 15 is 0 Å². The van der Waals surface area contributed by atoms with Gasteiger partial charge in [0.1, 0.15) is 23.0 Å². The van der Waals surface area contributed by atoms with E-state index in [1.165, 1.54) is 36.4 Å². The Kier molecular flexibility index (Phi) is 6.26. The summed E-state index contributed by atoms with van der Waals surface area (Å²) >= 11 is 0. The van der Waals surface area contributed by atoms with Crippen LogP contribution in [0.3, 0.4) is 0 Å². The number of hydrogen-bond acceptors (Lipinski definition) is 7. The van der Waals surface area contributed by atoms with Crippen LogP contribution in [0.15, 0.2) is 77.4 Å². The number of nitrogens with zero attached hydrogens (tertiary/aromatic N) is 3. The number of amides is 1. The molecule has 0 saturated heterocycles. The molecule has 0 aromatic heterocycles. The molecule has 1 amide bonds. The summed E-state index contributed by atoms with van der Waals surface area (Å²) in [5.41, 5.74) is 2.49. The second-order valence-corrected chi connectivity index (χ2v) is 7.23. The van der Waals surface area contributed by atoms with Gasteiger partial charge in [0.2, 0.25) is 0 Å². The van der Waals surface area contributed by atoms with Crippen LogP contribution in [-0.4, -0.2) is 37.9 Å². The molecule has 0 N–H and O–H groups in total. The molecule has 3 aromatic rings. The largest absolute Gasteiger partial charge is 0.497 e. The molecule has 9 heteroatoms. The second-order valence-electron chi connectivity index (χ2n) is 7.23. The first-order valence-corrected chi connectivity index (χ1v) is 10.2. The lowest BCUT2D eigenvalue weighted by Gasteiger charge is -2.11.